The summed E-state index contributed by atoms with van der Waals surface area (Å²) in [6.07, 6.45) is 2.45. The smallest absolute Gasteiger partial charge is 0.337 e. The molecule has 0 spiro atoms. The highest BCUT2D eigenvalue weighted by Gasteiger charge is 2.10. The lowest BCUT2D eigenvalue weighted by Crippen LogP contribution is -2.14. The molecule has 23 heavy (non-hydrogen) atoms. The van der Waals surface area contributed by atoms with Crippen LogP contribution in [0.4, 0.5) is 17.3 Å². The Labute approximate surface area is 140 Å². The quantitative estimate of drug-likeness (QED) is 0.781. The van der Waals surface area contributed by atoms with Gasteiger partial charge in [-0.15, -0.1) is 0 Å². The van der Waals surface area contributed by atoms with Crippen LogP contribution in [0.15, 0.2) is 30.6 Å². The second kappa shape index (κ2) is 7.78. The molecule has 0 radical (unpaired) electrons. The van der Waals surface area contributed by atoms with Crippen molar-refractivity contribution in [2.75, 3.05) is 17.7 Å². The molecule has 0 saturated heterocycles. The van der Waals surface area contributed by atoms with Crippen LogP contribution in [0.1, 0.15) is 30.6 Å². The van der Waals surface area contributed by atoms with Gasteiger partial charge in [-0.25, -0.2) is 14.8 Å². The highest BCUT2D eigenvalue weighted by Crippen LogP contribution is 2.26. The standard InChI is InChI=1S/C16H19ClN4O2/c1-4-10(2)20-14-8-15(19-9-18-14)21-13-7-11(16(22)23-3)5-6-12(13)17/h5-10H,4H2,1-3H3,(H2,18,19,20,21). The van der Waals surface area contributed by atoms with Crippen molar-refractivity contribution >= 4 is 34.9 Å². The second-order valence-corrected chi connectivity index (χ2v) is 5.46. The topological polar surface area (TPSA) is 76.1 Å². The monoisotopic (exact) mass is 334 g/mol. The minimum atomic E-state index is -0.425. The summed E-state index contributed by atoms with van der Waals surface area (Å²) in [5.41, 5.74) is 0.981. The van der Waals surface area contributed by atoms with E-state index in [0.717, 1.165) is 12.2 Å². The Hall–Kier alpha value is -2.34. The maximum absolute atomic E-state index is 11.6. The molecule has 0 amide bonds. The normalized spacial score (nSPS) is 11.7. The molecule has 0 bridgehead atoms. The SMILES string of the molecule is CCC(C)Nc1cc(Nc2cc(C(=O)OC)ccc2Cl)ncn1. The lowest BCUT2D eigenvalue weighted by molar-refractivity contribution is 0.0601. The Morgan fingerprint density at radius 3 is 2.74 bits per heavy atom. The van der Waals surface area contributed by atoms with E-state index in [-0.39, 0.29) is 0 Å². The Balaban J connectivity index is 2.21. The number of carbonyl (C=O) groups excluding carboxylic acids is 1. The van der Waals surface area contributed by atoms with Crippen LogP contribution in [0.2, 0.25) is 5.02 Å². The van der Waals surface area contributed by atoms with Gasteiger partial charge in [-0.1, -0.05) is 18.5 Å². The molecule has 7 heteroatoms. The van der Waals surface area contributed by atoms with Crippen molar-refractivity contribution in [3.8, 4) is 0 Å². The van der Waals surface area contributed by atoms with Crippen molar-refractivity contribution in [1.29, 1.82) is 0 Å². The second-order valence-electron chi connectivity index (χ2n) is 5.05. The van der Waals surface area contributed by atoms with Gasteiger partial charge in [-0.3, -0.25) is 0 Å². The summed E-state index contributed by atoms with van der Waals surface area (Å²) in [6.45, 7) is 4.17. The molecule has 0 saturated carbocycles. The number of esters is 1. The van der Waals surface area contributed by atoms with Gasteiger partial charge in [0, 0.05) is 12.1 Å². The van der Waals surface area contributed by atoms with E-state index >= 15 is 0 Å². The summed E-state index contributed by atoms with van der Waals surface area (Å²) < 4.78 is 4.71. The Kier molecular flexibility index (Phi) is 5.76. The molecule has 0 aliphatic heterocycles. The minimum absolute atomic E-state index is 0.309. The number of rotatable bonds is 6. The average molecular weight is 335 g/mol. The predicted molar refractivity (Wildman–Crippen MR) is 91.5 cm³/mol. The van der Waals surface area contributed by atoms with Crippen molar-refractivity contribution in [3.63, 3.8) is 0 Å². The van der Waals surface area contributed by atoms with Crippen LogP contribution in [-0.2, 0) is 4.74 Å². The van der Waals surface area contributed by atoms with Gasteiger partial charge >= 0.3 is 5.97 Å². The first-order chi connectivity index (χ1) is 11.0. The van der Waals surface area contributed by atoms with E-state index < -0.39 is 5.97 Å². The van der Waals surface area contributed by atoms with Gasteiger partial charge in [0.25, 0.3) is 0 Å². The maximum Gasteiger partial charge on any atom is 0.337 e. The van der Waals surface area contributed by atoms with E-state index in [2.05, 4.69) is 34.4 Å². The molecule has 6 nitrogen and oxygen atoms in total. The summed E-state index contributed by atoms with van der Waals surface area (Å²) in [5, 5.41) is 6.84. The fourth-order valence-corrected chi connectivity index (χ4v) is 2.03. The molecular formula is C16H19ClN4O2. The Morgan fingerprint density at radius 1 is 1.30 bits per heavy atom. The van der Waals surface area contributed by atoms with Gasteiger partial charge in [-0.05, 0) is 31.5 Å². The largest absolute Gasteiger partial charge is 0.465 e. The highest BCUT2D eigenvalue weighted by atomic mass is 35.5. The third-order valence-corrected chi connectivity index (χ3v) is 3.65. The number of methoxy groups -OCH3 is 1. The van der Waals surface area contributed by atoms with Crippen LogP contribution >= 0.6 is 11.6 Å². The molecule has 2 N–H and O–H groups in total. The lowest BCUT2D eigenvalue weighted by atomic mass is 10.2. The van der Waals surface area contributed by atoms with Gasteiger partial charge in [-0.2, -0.15) is 0 Å². The molecule has 1 atom stereocenters. The number of benzene rings is 1. The number of hydrogen-bond donors (Lipinski definition) is 2. The predicted octanol–water partition coefficient (Wildman–Crippen LogP) is 3.87. The van der Waals surface area contributed by atoms with Crippen LogP contribution in [0.5, 0.6) is 0 Å². The zero-order valence-corrected chi connectivity index (χ0v) is 14.0. The van der Waals surface area contributed by atoms with Crippen LogP contribution in [0.3, 0.4) is 0 Å². The molecule has 1 aromatic carbocycles. The molecule has 2 rings (SSSR count). The molecule has 122 valence electrons. The molecule has 1 heterocycles. The van der Waals surface area contributed by atoms with Gasteiger partial charge < -0.3 is 15.4 Å². The van der Waals surface area contributed by atoms with Crippen molar-refractivity contribution in [3.05, 3.63) is 41.2 Å². The van der Waals surface area contributed by atoms with Crippen LogP contribution in [-0.4, -0.2) is 29.1 Å². The first kappa shape index (κ1) is 17.0. The van der Waals surface area contributed by atoms with Gasteiger partial charge in [0.05, 0.1) is 23.4 Å². The lowest BCUT2D eigenvalue weighted by Gasteiger charge is -2.13. The number of nitrogens with zero attached hydrogens (tertiary/aromatic N) is 2. The summed E-state index contributed by atoms with van der Waals surface area (Å²) in [7, 11) is 1.33. The number of anilines is 3. The number of ether oxygens (including phenoxy) is 1. The van der Waals surface area contributed by atoms with Crippen LogP contribution < -0.4 is 10.6 Å². The average Bonchev–Trinajstić information content (AvgIpc) is 2.56. The van der Waals surface area contributed by atoms with E-state index in [1.54, 1.807) is 24.3 Å². The van der Waals surface area contributed by atoms with Crippen molar-refractivity contribution in [2.45, 2.75) is 26.3 Å². The summed E-state index contributed by atoms with van der Waals surface area (Å²) >= 11 is 6.17. The zero-order chi connectivity index (χ0) is 16.8. The maximum atomic E-state index is 11.6. The fourth-order valence-electron chi connectivity index (χ4n) is 1.86. The fraction of sp³-hybridized carbons (Fsp3) is 0.312. The van der Waals surface area contributed by atoms with Gasteiger partial charge in [0.15, 0.2) is 0 Å². The van der Waals surface area contributed by atoms with Crippen molar-refractivity contribution in [2.24, 2.45) is 0 Å². The minimum Gasteiger partial charge on any atom is -0.465 e. The first-order valence-corrected chi connectivity index (χ1v) is 7.64. The van der Waals surface area contributed by atoms with Crippen LogP contribution in [0.25, 0.3) is 0 Å². The summed E-state index contributed by atoms with van der Waals surface area (Å²) in [6, 6.07) is 6.96. The number of carbonyl (C=O) groups is 1. The first-order valence-electron chi connectivity index (χ1n) is 7.27. The molecule has 1 unspecified atom stereocenters. The zero-order valence-electron chi connectivity index (χ0n) is 13.3. The molecule has 0 aliphatic carbocycles. The highest BCUT2D eigenvalue weighted by molar-refractivity contribution is 6.33. The Morgan fingerprint density at radius 2 is 2.04 bits per heavy atom. The number of hydrogen-bond acceptors (Lipinski definition) is 6. The van der Waals surface area contributed by atoms with Crippen molar-refractivity contribution < 1.29 is 9.53 Å². The summed E-state index contributed by atoms with van der Waals surface area (Å²) in [5.74, 6) is 0.873. The molecular weight excluding hydrogens is 316 g/mol. The number of halogens is 1. The van der Waals surface area contributed by atoms with Crippen molar-refractivity contribution in [1.82, 2.24) is 9.97 Å². The third kappa shape index (κ3) is 4.56. The van der Waals surface area contributed by atoms with E-state index in [1.165, 1.54) is 13.4 Å². The summed E-state index contributed by atoms with van der Waals surface area (Å²) in [4.78, 5) is 20.0. The molecule has 1 aromatic heterocycles. The third-order valence-electron chi connectivity index (χ3n) is 3.32. The van der Waals surface area contributed by atoms with Gasteiger partial charge in [0.1, 0.15) is 18.0 Å². The Bertz CT molecular complexity index is 694. The number of aromatic nitrogens is 2. The van der Waals surface area contributed by atoms with E-state index in [4.69, 9.17) is 16.3 Å². The van der Waals surface area contributed by atoms with E-state index in [1.807, 2.05) is 0 Å². The molecule has 0 aliphatic rings. The van der Waals surface area contributed by atoms with E-state index in [9.17, 15) is 4.79 Å². The van der Waals surface area contributed by atoms with E-state index in [0.29, 0.717) is 28.1 Å². The molecule has 2 aromatic rings. The van der Waals surface area contributed by atoms with Gasteiger partial charge in [0.2, 0.25) is 0 Å². The van der Waals surface area contributed by atoms with Crippen LogP contribution in [0, 0.1) is 0 Å². The molecule has 0 fully saturated rings. The number of nitrogens with one attached hydrogen (secondary N) is 2.